The van der Waals surface area contributed by atoms with Crippen molar-refractivity contribution < 1.29 is 9.18 Å². The van der Waals surface area contributed by atoms with Gasteiger partial charge < -0.3 is 5.73 Å². The maximum Gasteiger partial charge on any atom is 0.167 e. The van der Waals surface area contributed by atoms with Crippen molar-refractivity contribution in [2.75, 3.05) is 6.54 Å². The summed E-state index contributed by atoms with van der Waals surface area (Å²) >= 11 is 0. The van der Waals surface area contributed by atoms with Crippen LogP contribution in [0.25, 0.3) is 0 Å². The van der Waals surface area contributed by atoms with Crippen LogP contribution >= 0.6 is 0 Å². The number of nitrogens with two attached hydrogens (primary N) is 1. The van der Waals surface area contributed by atoms with Gasteiger partial charge >= 0.3 is 0 Å². The zero-order valence-corrected chi connectivity index (χ0v) is 9.96. The molecule has 0 amide bonds. The Kier molecular flexibility index (Phi) is 4.19. The normalized spacial score (nSPS) is 12.9. The largest absolute Gasteiger partial charge is 0.330 e. The first-order valence-electron chi connectivity index (χ1n) is 5.47. The third-order valence-electron chi connectivity index (χ3n) is 2.84. The molecular formula is C13H18FNO. The number of aryl methyl sites for hydroxylation is 1. The van der Waals surface area contributed by atoms with Crippen LogP contribution in [0, 0.1) is 24.6 Å². The van der Waals surface area contributed by atoms with E-state index in [-0.39, 0.29) is 23.4 Å². The average Bonchev–Trinajstić information content (AvgIpc) is 2.22. The Morgan fingerprint density at radius 2 is 2.06 bits per heavy atom. The summed E-state index contributed by atoms with van der Waals surface area (Å²) in [4.78, 5) is 12.1. The predicted octanol–water partition coefficient (Wildman–Crippen LogP) is 2.55. The number of rotatable bonds is 4. The van der Waals surface area contributed by atoms with Gasteiger partial charge in [0.2, 0.25) is 0 Å². The lowest BCUT2D eigenvalue weighted by atomic mass is 9.87. The van der Waals surface area contributed by atoms with E-state index in [0.29, 0.717) is 17.7 Å². The highest BCUT2D eigenvalue weighted by Gasteiger charge is 2.22. The molecule has 0 heterocycles. The van der Waals surface area contributed by atoms with Crippen molar-refractivity contribution in [1.82, 2.24) is 0 Å². The minimum atomic E-state index is -0.287. The molecule has 0 aliphatic rings. The lowest BCUT2D eigenvalue weighted by Crippen LogP contribution is -2.28. The van der Waals surface area contributed by atoms with Gasteiger partial charge in [-0.15, -0.1) is 0 Å². The molecule has 0 saturated heterocycles. The number of carbonyl (C=O) groups excluding carboxylic acids is 1. The fraction of sp³-hybridized carbons (Fsp3) is 0.462. The van der Waals surface area contributed by atoms with E-state index in [9.17, 15) is 9.18 Å². The summed E-state index contributed by atoms with van der Waals surface area (Å²) in [5.41, 5.74) is 6.62. The minimum Gasteiger partial charge on any atom is -0.330 e. The first-order chi connectivity index (χ1) is 7.47. The Hall–Kier alpha value is -1.22. The quantitative estimate of drug-likeness (QED) is 0.797. The maximum atomic E-state index is 13.1. The van der Waals surface area contributed by atoms with Crippen LogP contribution in [0.15, 0.2) is 18.2 Å². The van der Waals surface area contributed by atoms with E-state index >= 15 is 0 Å². The third-order valence-corrected chi connectivity index (χ3v) is 2.84. The zero-order chi connectivity index (χ0) is 12.3. The van der Waals surface area contributed by atoms with Gasteiger partial charge in [0.05, 0.1) is 0 Å². The second kappa shape index (κ2) is 5.21. The highest BCUT2D eigenvalue weighted by molar-refractivity contribution is 5.98. The maximum absolute atomic E-state index is 13.1. The van der Waals surface area contributed by atoms with Crippen LogP contribution in [0.4, 0.5) is 4.39 Å². The molecule has 1 unspecified atom stereocenters. The topological polar surface area (TPSA) is 43.1 Å². The Labute approximate surface area is 95.7 Å². The molecule has 0 bridgehead atoms. The van der Waals surface area contributed by atoms with Crippen molar-refractivity contribution in [2.45, 2.75) is 20.8 Å². The lowest BCUT2D eigenvalue weighted by molar-refractivity contribution is 0.0892. The van der Waals surface area contributed by atoms with E-state index in [1.807, 2.05) is 13.8 Å². The summed E-state index contributed by atoms with van der Waals surface area (Å²) in [6.45, 7) is 5.91. The SMILES string of the molecule is Cc1cc(C(=O)C(CN)C(C)C)ccc1F. The molecule has 0 radical (unpaired) electrons. The molecule has 0 aliphatic heterocycles. The van der Waals surface area contributed by atoms with E-state index < -0.39 is 0 Å². The summed E-state index contributed by atoms with van der Waals surface area (Å²) in [6, 6.07) is 4.44. The molecule has 88 valence electrons. The molecular weight excluding hydrogens is 205 g/mol. The first-order valence-corrected chi connectivity index (χ1v) is 5.47. The van der Waals surface area contributed by atoms with Crippen molar-refractivity contribution in [3.8, 4) is 0 Å². The highest BCUT2D eigenvalue weighted by Crippen LogP contribution is 2.18. The van der Waals surface area contributed by atoms with Crippen molar-refractivity contribution in [3.63, 3.8) is 0 Å². The predicted molar refractivity (Wildman–Crippen MR) is 62.8 cm³/mol. The number of hydrogen-bond donors (Lipinski definition) is 1. The standard InChI is InChI=1S/C13H18FNO/c1-8(2)11(7-15)13(16)10-4-5-12(14)9(3)6-10/h4-6,8,11H,7,15H2,1-3H3. The third kappa shape index (κ3) is 2.67. The summed E-state index contributed by atoms with van der Waals surface area (Å²) in [7, 11) is 0. The van der Waals surface area contributed by atoms with Gasteiger partial charge in [-0.3, -0.25) is 4.79 Å². The van der Waals surface area contributed by atoms with E-state index in [4.69, 9.17) is 5.73 Å². The van der Waals surface area contributed by atoms with Crippen LogP contribution in [0.1, 0.15) is 29.8 Å². The Bertz CT molecular complexity index is 388. The van der Waals surface area contributed by atoms with E-state index in [2.05, 4.69) is 0 Å². The Balaban J connectivity index is 2.99. The molecule has 0 aliphatic carbocycles. The molecule has 1 rings (SSSR count). The number of benzene rings is 1. The van der Waals surface area contributed by atoms with Gasteiger partial charge in [0.1, 0.15) is 5.82 Å². The zero-order valence-electron chi connectivity index (χ0n) is 9.96. The summed E-state index contributed by atoms with van der Waals surface area (Å²) in [5, 5.41) is 0. The molecule has 3 heteroatoms. The molecule has 1 atom stereocenters. The molecule has 2 nitrogen and oxygen atoms in total. The van der Waals surface area contributed by atoms with Crippen molar-refractivity contribution in [2.24, 2.45) is 17.6 Å². The van der Waals surface area contributed by atoms with Gasteiger partial charge in [-0.25, -0.2) is 4.39 Å². The van der Waals surface area contributed by atoms with Gasteiger partial charge in [0.15, 0.2) is 5.78 Å². The number of halogens is 1. The molecule has 0 saturated carbocycles. The van der Waals surface area contributed by atoms with Gasteiger partial charge in [-0.2, -0.15) is 0 Å². The fourth-order valence-corrected chi connectivity index (χ4v) is 1.69. The molecule has 2 N–H and O–H groups in total. The number of Topliss-reactive ketones (excluding diaryl/α,β-unsaturated/α-hetero) is 1. The Morgan fingerprint density at radius 3 is 2.50 bits per heavy atom. The van der Waals surface area contributed by atoms with Crippen LogP contribution in [0.3, 0.4) is 0 Å². The van der Waals surface area contributed by atoms with Gasteiger partial charge in [0.25, 0.3) is 0 Å². The molecule has 0 aromatic heterocycles. The number of carbonyl (C=O) groups is 1. The smallest absolute Gasteiger partial charge is 0.167 e. The van der Waals surface area contributed by atoms with Crippen molar-refractivity contribution in [1.29, 1.82) is 0 Å². The van der Waals surface area contributed by atoms with Gasteiger partial charge in [-0.1, -0.05) is 13.8 Å². The highest BCUT2D eigenvalue weighted by atomic mass is 19.1. The van der Waals surface area contributed by atoms with Gasteiger partial charge in [-0.05, 0) is 36.6 Å². The van der Waals surface area contributed by atoms with E-state index in [0.717, 1.165) is 0 Å². The number of ketones is 1. The fourth-order valence-electron chi connectivity index (χ4n) is 1.69. The van der Waals surface area contributed by atoms with Crippen LogP contribution < -0.4 is 5.73 Å². The van der Waals surface area contributed by atoms with Crippen LogP contribution in [0.5, 0.6) is 0 Å². The molecule has 0 fully saturated rings. The van der Waals surface area contributed by atoms with Crippen molar-refractivity contribution >= 4 is 5.78 Å². The minimum absolute atomic E-state index is 0.000556. The van der Waals surface area contributed by atoms with E-state index in [1.54, 1.807) is 13.0 Å². The Morgan fingerprint density at radius 1 is 1.44 bits per heavy atom. The van der Waals surface area contributed by atoms with E-state index in [1.165, 1.54) is 12.1 Å². The average molecular weight is 223 g/mol. The molecule has 1 aromatic carbocycles. The summed E-state index contributed by atoms with van der Waals surface area (Å²) in [5.74, 6) is -0.279. The summed E-state index contributed by atoms with van der Waals surface area (Å²) in [6.07, 6.45) is 0. The molecule has 0 spiro atoms. The monoisotopic (exact) mass is 223 g/mol. The van der Waals surface area contributed by atoms with Crippen LogP contribution in [0.2, 0.25) is 0 Å². The molecule has 1 aromatic rings. The van der Waals surface area contributed by atoms with Gasteiger partial charge in [0, 0.05) is 18.0 Å². The number of hydrogen-bond acceptors (Lipinski definition) is 2. The second-order valence-electron chi connectivity index (χ2n) is 4.41. The van der Waals surface area contributed by atoms with Crippen LogP contribution in [-0.2, 0) is 0 Å². The molecule has 16 heavy (non-hydrogen) atoms. The first kappa shape index (κ1) is 12.8. The van der Waals surface area contributed by atoms with Crippen molar-refractivity contribution in [3.05, 3.63) is 35.1 Å². The second-order valence-corrected chi connectivity index (χ2v) is 4.41. The van der Waals surface area contributed by atoms with Crippen LogP contribution in [-0.4, -0.2) is 12.3 Å². The summed E-state index contributed by atoms with van der Waals surface area (Å²) < 4.78 is 13.1. The lowest BCUT2D eigenvalue weighted by Gasteiger charge is -2.17.